The lowest BCUT2D eigenvalue weighted by Crippen LogP contribution is -2.33. The SMILES string of the molecule is O=C(Nc1ccc([C@H]2CNCCO2)cc1)c1ccn(-c2nccnc2Cl)n1. The summed E-state index contributed by atoms with van der Waals surface area (Å²) >= 11 is 6.01. The number of anilines is 1. The summed E-state index contributed by atoms with van der Waals surface area (Å²) in [5.74, 6) is 0.0424. The van der Waals surface area contributed by atoms with E-state index in [9.17, 15) is 4.79 Å². The van der Waals surface area contributed by atoms with Gasteiger partial charge in [0.15, 0.2) is 16.7 Å². The Bertz CT molecular complexity index is 937. The molecular formula is C18H17ClN6O2. The van der Waals surface area contributed by atoms with Gasteiger partial charge in [0.2, 0.25) is 0 Å². The molecule has 1 amide bonds. The fourth-order valence-electron chi connectivity index (χ4n) is 2.79. The maximum atomic E-state index is 12.4. The molecule has 1 saturated heterocycles. The van der Waals surface area contributed by atoms with E-state index in [2.05, 4.69) is 25.7 Å². The molecule has 0 unspecified atom stereocenters. The predicted octanol–water partition coefficient (Wildman–Crippen LogP) is 2.23. The topological polar surface area (TPSA) is 94.0 Å². The number of morpholine rings is 1. The van der Waals surface area contributed by atoms with E-state index in [1.165, 1.54) is 17.1 Å². The third-order valence-electron chi connectivity index (χ3n) is 4.14. The van der Waals surface area contributed by atoms with Crippen LogP contribution in [0.2, 0.25) is 5.15 Å². The lowest BCUT2D eigenvalue weighted by atomic mass is 10.1. The van der Waals surface area contributed by atoms with Crippen LogP contribution in [0.5, 0.6) is 0 Å². The summed E-state index contributed by atoms with van der Waals surface area (Å²) in [6.07, 6.45) is 4.65. The van der Waals surface area contributed by atoms with E-state index in [1.807, 2.05) is 24.3 Å². The van der Waals surface area contributed by atoms with Crippen molar-refractivity contribution in [2.24, 2.45) is 0 Å². The summed E-state index contributed by atoms with van der Waals surface area (Å²) in [6.45, 7) is 2.35. The molecule has 1 aliphatic rings. The van der Waals surface area contributed by atoms with E-state index in [1.54, 1.807) is 12.3 Å². The first-order valence-electron chi connectivity index (χ1n) is 8.47. The molecule has 0 spiro atoms. The zero-order valence-corrected chi connectivity index (χ0v) is 15.1. The van der Waals surface area contributed by atoms with Crippen molar-refractivity contribution in [1.82, 2.24) is 25.1 Å². The third kappa shape index (κ3) is 3.97. The molecule has 0 aliphatic carbocycles. The number of ether oxygens (including phenoxy) is 1. The van der Waals surface area contributed by atoms with Crippen molar-refractivity contribution < 1.29 is 9.53 Å². The van der Waals surface area contributed by atoms with Crippen LogP contribution in [0.25, 0.3) is 5.82 Å². The smallest absolute Gasteiger partial charge is 0.276 e. The Hall–Kier alpha value is -2.81. The zero-order chi connectivity index (χ0) is 18.6. The molecule has 3 aromatic rings. The van der Waals surface area contributed by atoms with Crippen LogP contribution in [0.15, 0.2) is 48.9 Å². The maximum Gasteiger partial charge on any atom is 0.276 e. The number of halogens is 1. The van der Waals surface area contributed by atoms with Crippen LogP contribution in [0, 0.1) is 0 Å². The van der Waals surface area contributed by atoms with Crippen molar-refractivity contribution in [1.29, 1.82) is 0 Å². The molecule has 8 nitrogen and oxygen atoms in total. The first-order chi connectivity index (χ1) is 13.2. The number of rotatable bonds is 4. The predicted molar refractivity (Wildman–Crippen MR) is 100 cm³/mol. The summed E-state index contributed by atoms with van der Waals surface area (Å²) < 4.78 is 7.14. The largest absolute Gasteiger partial charge is 0.371 e. The minimum absolute atomic E-state index is 0.0379. The van der Waals surface area contributed by atoms with E-state index < -0.39 is 0 Å². The lowest BCUT2D eigenvalue weighted by molar-refractivity contribution is 0.0277. The van der Waals surface area contributed by atoms with Crippen LogP contribution in [-0.4, -0.2) is 45.4 Å². The Balaban J connectivity index is 1.44. The molecule has 0 bridgehead atoms. The molecule has 0 radical (unpaired) electrons. The van der Waals surface area contributed by atoms with Gasteiger partial charge in [-0.3, -0.25) is 4.79 Å². The summed E-state index contributed by atoms with van der Waals surface area (Å²) in [5.41, 5.74) is 2.00. The molecule has 9 heteroatoms. The second-order valence-corrected chi connectivity index (χ2v) is 6.31. The van der Waals surface area contributed by atoms with Gasteiger partial charge in [-0.2, -0.15) is 5.10 Å². The minimum Gasteiger partial charge on any atom is -0.371 e. The first-order valence-corrected chi connectivity index (χ1v) is 8.85. The number of hydrogen-bond acceptors (Lipinski definition) is 6. The lowest BCUT2D eigenvalue weighted by Gasteiger charge is -2.24. The monoisotopic (exact) mass is 384 g/mol. The summed E-state index contributed by atoms with van der Waals surface area (Å²) in [5, 5.41) is 10.6. The Morgan fingerprint density at radius 1 is 1.22 bits per heavy atom. The highest BCUT2D eigenvalue weighted by Gasteiger charge is 2.16. The molecule has 1 aliphatic heterocycles. The highest BCUT2D eigenvalue weighted by Crippen LogP contribution is 2.21. The molecule has 4 rings (SSSR count). The zero-order valence-electron chi connectivity index (χ0n) is 14.3. The molecule has 3 heterocycles. The number of benzene rings is 1. The molecule has 0 saturated carbocycles. The van der Waals surface area contributed by atoms with Crippen molar-refractivity contribution in [3.8, 4) is 5.82 Å². The molecule has 138 valence electrons. The van der Waals surface area contributed by atoms with Gasteiger partial charge >= 0.3 is 0 Å². The van der Waals surface area contributed by atoms with Crippen molar-refractivity contribution in [2.45, 2.75) is 6.10 Å². The Labute approximate surface area is 160 Å². The standard InChI is InChI=1S/C18H17ClN6O2/c19-16-17(22-7-6-21-16)25-9-5-14(24-25)18(26)23-13-3-1-12(2-4-13)15-11-20-8-10-27-15/h1-7,9,15,20H,8,10-11H2,(H,23,26)/t15-/m1/s1. The number of nitrogens with one attached hydrogen (secondary N) is 2. The van der Waals surface area contributed by atoms with E-state index in [4.69, 9.17) is 16.3 Å². The quantitative estimate of drug-likeness (QED) is 0.716. The van der Waals surface area contributed by atoms with Crippen molar-refractivity contribution >= 4 is 23.2 Å². The molecule has 27 heavy (non-hydrogen) atoms. The second-order valence-electron chi connectivity index (χ2n) is 5.96. The Morgan fingerprint density at radius 2 is 2.04 bits per heavy atom. The third-order valence-corrected chi connectivity index (χ3v) is 4.41. The van der Waals surface area contributed by atoms with Crippen LogP contribution in [0.1, 0.15) is 22.2 Å². The fraction of sp³-hybridized carbons (Fsp3) is 0.222. The molecular weight excluding hydrogens is 368 g/mol. The fourth-order valence-corrected chi connectivity index (χ4v) is 2.98. The average molecular weight is 385 g/mol. The van der Waals surface area contributed by atoms with Crippen LogP contribution >= 0.6 is 11.6 Å². The molecule has 2 N–H and O–H groups in total. The number of nitrogens with zero attached hydrogens (tertiary/aromatic N) is 4. The van der Waals surface area contributed by atoms with Gasteiger partial charge in [0, 0.05) is 37.4 Å². The molecule has 2 aromatic heterocycles. The van der Waals surface area contributed by atoms with Crippen LogP contribution in [-0.2, 0) is 4.74 Å². The summed E-state index contributed by atoms with van der Waals surface area (Å²) in [4.78, 5) is 20.5. The first kappa shape index (κ1) is 17.6. The van der Waals surface area contributed by atoms with Crippen molar-refractivity contribution in [3.63, 3.8) is 0 Å². The second kappa shape index (κ2) is 7.83. The summed E-state index contributed by atoms with van der Waals surface area (Å²) in [6, 6.07) is 9.19. The van der Waals surface area contributed by atoms with Gasteiger partial charge in [-0.15, -0.1) is 0 Å². The van der Waals surface area contributed by atoms with E-state index in [-0.39, 0.29) is 22.9 Å². The van der Waals surface area contributed by atoms with Gasteiger partial charge < -0.3 is 15.4 Å². The van der Waals surface area contributed by atoms with Crippen molar-refractivity contribution in [3.05, 3.63) is 65.3 Å². The minimum atomic E-state index is -0.322. The van der Waals surface area contributed by atoms with Gasteiger partial charge in [0.05, 0.1) is 12.7 Å². The van der Waals surface area contributed by atoms with Gasteiger partial charge in [-0.25, -0.2) is 14.6 Å². The Morgan fingerprint density at radius 3 is 2.78 bits per heavy atom. The highest BCUT2D eigenvalue weighted by molar-refractivity contribution is 6.30. The van der Waals surface area contributed by atoms with E-state index >= 15 is 0 Å². The molecule has 1 aromatic carbocycles. The van der Waals surface area contributed by atoms with Gasteiger partial charge in [-0.05, 0) is 23.8 Å². The van der Waals surface area contributed by atoms with Gasteiger partial charge in [0.1, 0.15) is 0 Å². The van der Waals surface area contributed by atoms with E-state index in [0.717, 1.165) is 18.7 Å². The normalized spacial score (nSPS) is 16.9. The average Bonchev–Trinajstić information content (AvgIpc) is 3.20. The molecule has 1 fully saturated rings. The van der Waals surface area contributed by atoms with Gasteiger partial charge in [0.25, 0.3) is 5.91 Å². The van der Waals surface area contributed by atoms with E-state index in [0.29, 0.717) is 18.1 Å². The van der Waals surface area contributed by atoms with Crippen molar-refractivity contribution in [2.75, 3.05) is 25.0 Å². The van der Waals surface area contributed by atoms with Gasteiger partial charge in [-0.1, -0.05) is 23.7 Å². The summed E-state index contributed by atoms with van der Waals surface area (Å²) in [7, 11) is 0. The van der Waals surface area contributed by atoms with Crippen LogP contribution < -0.4 is 10.6 Å². The number of hydrogen-bond donors (Lipinski definition) is 2. The van der Waals surface area contributed by atoms with Crippen LogP contribution in [0.3, 0.4) is 0 Å². The Kier molecular flexibility index (Phi) is 5.10. The molecule has 1 atom stereocenters. The highest BCUT2D eigenvalue weighted by atomic mass is 35.5. The number of carbonyl (C=O) groups excluding carboxylic acids is 1. The maximum absolute atomic E-state index is 12.4. The number of amides is 1. The number of carbonyl (C=O) groups is 1. The van der Waals surface area contributed by atoms with Crippen LogP contribution in [0.4, 0.5) is 5.69 Å². The number of aromatic nitrogens is 4.